The van der Waals surface area contributed by atoms with Crippen LogP contribution >= 0.6 is 12.4 Å². The fraction of sp³-hybridized carbons (Fsp3) is 0.750. The van der Waals surface area contributed by atoms with E-state index >= 15 is 0 Å². The van der Waals surface area contributed by atoms with E-state index in [4.69, 9.17) is 10.9 Å². The summed E-state index contributed by atoms with van der Waals surface area (Å²) in [6, 6.07) is 0. The number of oxime groups is 1. The molecule has 0 fully saturated rings. The van der Waals surface area contributed by atoms with Gasteiger partial charge in [0.1, 0.15) is 5.84 Å². The molecule has 0 rings (SSSR count). The predicted molar refractivity (Wildman–Crippen MR) is 35.6 cm³/mol. The quantitative estimate of drug-likeness (QED) is 0.258. The molecule has 0 saturated heterocycles. The van der Waals surface area contributed by atoms with Gasteiger partial charge in [-0.3, -0.25) is 0 Å². The lowest BCUT2D eigenvalue weighted by atomic mass is 10.3. The smallest absolute Gasteiger partial charge is 0.139 e. The molecule has 0 bridgehead atoms. The topological polar surface area (TPSA) is 58.6 Å². The third kappa shape index (κ3) is 5.56. The number of hydrogen-bond acceptors (Lipinski definition) is 2. The molecule has 0 aromatic rings. The number of nitrogens with two attached hydrogens (primary N) is 1. The normalized spacial score (nSPS) is 10.4. The molecular weight excluding hydrogens is 128 g/mol. The number of rotatable bonds is 2. The highest BCUT2D eigenvalue weighted by Crippen LogP contribution is 1.83. The van der Waals surface area contributed by atoms with Crippen molar-refractivity contribution < 1.29 is 5.21 Å². The van der Waals surface area contributed by atoms with Crippen LogP contribution in [-0.4, -0.2) is 11.0 Å². The maximum absolute atomic E-state index is 7.93. The predicted octanol–water partition coefficient (Wildman–Crippen LogP) is 0.955. The van der Waals surface area contributed by atoms with E-state index in [0.29, 0.717) is 12.3 Å². The van der Waals surface area contributed by atoms with Gasteiger partial charge in [-0.2, -0.15) is 0 Å². The standard InChI is InChI=1S/C4H10N2O.ClH/c1-2-3-4(5)6-7;/h7H,2-3H2,1H3,(H2,5,6);1H. The largest absolute Gasteiger partial charge is 0.409 e. The van der Waals surface area contributed by atoms with Crippen molar-refractivity contribution in [2.45, 2.75) is 19.8 Å². The Morgan fingerprint density at radius 2 is 2.25 bits per heavy atom. The summed E-state index contributed by atoms with van der Waals surface area (Å²) in [4.78, 5) is 0. The van der Waals surface area contributed by atoms with Gasteiger partial charge in [-0.25, -0.2) is 0 Å². The van der Waals surface area contributed by atoms with Crippen molar-refractivity contribution in [2.24, 2.45) is 10.9 Å². The van der Waals surface area contributed by atoms with E-state index in [9.17, 15) is 0 Å². The summed E-state index contributed by atoms with van der Waals surface area (Å²) in [5.74, 6) is 0.308. The minimum absolute atomic E-state index is 0. The van der Waals surface area contributed by atoms with Gasteiger partial charge >= 0.3 is 0 Å². The number of amidine groups is 1. The summed E-state index contributed by atoms with van der Waals surface area (Å²) in [5.41, 5.74) is 5.08. The van der Waals surface area contributed by atoms with Crippen LogP contribution in [0.15, 0.2) is 5.16 Å². The summed E-state index contributed by atoms with van der Waals surface area (Å²) in [6.45, 7) is 1.97. The van der Waals surface area contributed by atoms with E-state index < -0.39 is 0 Å². The average Bonchev–Trinajstić information content (AvgIpc) is 1.68. The molecule has 0 unspecified atom stereocenters. The fourth-order valence-corrected chi connectivity index (χ4v) is 0.306. The number of halogens is 1. The maximum atomic E-state index is 7.93. The van der Waals surface area contributed by atoms with Crippen LogP contribution < -0.4 is 5.73 Å². The first-order valence-corrected chi connectivity index (χ1v) is 2.27. The summed E-state index contributed by atoms with van der Waals surface area (Å²) in [6.07, 6.45) is 1.60. The van der Waals surface area contributed by atoms with E-state index in [0.717, 1.165) is 6.42 Å². The highest BCUT2D eigenvalue weighted by atomic mass is 35.5. The lowest BCUT2D eigenvalue weighted by Crippen LogP contribution is -2.09. The van der Waals surface area contributed by atoms with Gasteiger partial charge in [0.25, 0.3) is 0 Å². The monoisotopic (exact) mass is 138 g/mol. The second-order valence-corrected chi connectivity index (χ2v) is 1.34. The molecule has 50 valence electrons. The average molecular weight is 139 g/mol. The highest BCUT2D eigenvalue weighted by molar-refractivity contribution is 5.85. The summed E-state index contributed by atoms with van der Waals surface area (Å²) < 4.78 is 0. The van der Waals surface area contributed by atoms with Crippen molar-refractivity contribution in [3.05, 3.63) is 0 Å². The van der Waals surface area contributed by atoms with Gasteiger partial charge < -0.3 is 10.9 Å². The molecule has 3 nitrogen and oxygen atoms in total. The molecular formula is C4H11ClN2O. The number of nitrogens with zero attached hydrogens (tertiary/aromatic N) is 1. The first-order chi connectivity index (χ1) is 3.31. The Bertz CT molecular complexity index is 74.4. The van der Waals surface area contributed by atoms with Gasteiger partial charge in [-0.15, -0.1) is 12.4 Å². The van der Waals surface area contributed by atoms with Crippen molar-refractivity contribution in [3.8, 4) is 0 Å². The minimum Gasteiger partial charge on any atom is -0.409 e. The van der Waals surface area contributed by atoms with Gasteiger partial charge in [0.2, 0.25) is 0 Å². The van der Waals surface area contributed by atoms with Crippen molar-refractivity contribution in [1.29, 1.82) is 0 Å². The third-order valence-corrected chi connectivity index (χ3v) is 0.635. The van der Waals surface area contributed by atoms with Crippen molar-refractivity contribution in [3.63, 3.8) is 0 Å². The van der Waals surface area contributed by atoms with Crippen LogP contribution in [0, 0.1) is 0 Å². The van der Waals surface area contributed by atoms with E-state index in [-0.39, 0.29) is 12.4 Å². The Balaban J connectivity index is 0. The minimum atomic E-state index is 0. The molecule has 0 spiro atoms. The molecule has 8 heavy (non-hydrogen) atoms. The summed E-state index contributed by atoms with van der Waals surface area (Å²) >= 11 is 0. The maximum Gasteiger partial charge on any atom is 0.139 e. The van der Waals surface area contributed by atoms with Crippen molar-refractivity contribution in [1.82, 2.24) is 0 Å². The molecule has 0 atom stereocenters. The Hall–Kier alpha value is -0.440. The van der Waals surface area contributed by atoms with Gasteiger partial charge in [0, 0.05) is 6.42 Å². The molecule has 0 heterocycles. The van der Waals surface area contributed by atoms with E-state index in [1.54, 1.807) is 0 Å². The molecule has 0 amide bonds. The molecule has 0 aromatic heterocycles. The zero-order chi connectivity index (χ0) is 5.70. The molecule has 0 aliphatic rings. The van der Waals surface area contributed by atoms with Gasteiger partial charge in [-0.1, -0.05) is 12.1 Å². The van der Waals surface area contributed by atoms with Crippen LogP contribution in [0.5, 0.6) is 0 Å². The molecule has 4 heteroatoms. The Morgan fingerprint density at radius 3 is 2.38 bits per heavy atom. The molecule has 0 aliphatic carbocycles. The Morgan fingerprint density at radius 1 is 1.75 bits per heavy atom. The second-order valence-electron chi connectivity index (χ2n) is 1.34. The van der Waals surface area contributed by atoms with Crippen LogP contribution in [0.1, 0.15) is 19.8 Å². The third-order valence-electron chi connectivity index (χ3n) is 0.635. The Kier molecular flexibility index (Phi) is 8.63. The number of hydrogen-bond donors (Lipinski definition) is 2. The van der Waals surface area contributed by atoms with Crippen LogP contribution in [0.2, 0.25) is 0 Å². The second kappa shape index (κ2) is 6.56. The zero-order valence-corrected chi connectivity index (χ0v) is 5.61. The SMILES string of the molecule is CCCC(N)=NO.Cl. The molecule has 3 N–H and O–H groups in total. The van der Waals surface area contributed by atoms with Crippen LogP contribution in [0.3, 0.4) is 0 Å². The van der Waals surface area contributed by atoms with Gasteiger partial charge in [0.05, 0.1) is 0 Å². The summed E-state index contributed by atoms with van der Waals surface area (Å²) in [7, 11) is 0. The molecule has 0 aliphatic heterocycles. The highest BCUT2D eigenvalue weighted by Gasteiger charge is 1.84. The van der Waals surface area contributed by atoms with E-state index in [1.807, 2.05) is 6.92 Å². The van der Waals surface area contributed by atoms with E-state index in [1.165, 1.54) is 0 Å². The van der Waals surface area contributed by atoms with Crippen molar-refractivity contribution >= 4 is 18.2 Å². The lowest BCUT2D eigenvalue weighted by Gasteiger charge is -1.88. The lowest BCUT2D eigenvalue weighted by molar-refractivity contribution is 0.317. The van der Waals surface area contributed by atoms with Crippen LogP contribution in [0.25, 0.3) is 0 Å². The van der Waals surface area contributed by atoms with Gasteiger partial charge in [0.15, 0.2) is 0 Å². The van der Waals surface area contributed by atoms with Gasteiger partial charge in [-0.05, 0) is 6.42 Å². The first-order valence-electron chi connectivity index (χ1n) is 2.27. The molecule has 0 aromatic carbocycles. The zero-order valence-electron chi connectivity index (χ0n) is 4.79. The van der Waals surface area contributed by atoms with Crippen LogP contribution in [-0.2, 0) is 0 Å². The Labute approximate surface area is 55.0 Å². The molecule has 0 radical (unpaired) electrons. The van der Waals surface area contributed by atoms with Crippen LogP contribution in [0.4, 0.5) is 0 Å². The first kappa shape index (κ1) is 10.5. The van der Waals surface area contributed by atoms with E-state index in [2.05, 4.69) is 5.16 Å². The fourth-order valence-electron chi connectivity index (χ4n) is 0.306. The molecule has 0 saturated carbocycles. The summed E-state index contributed by atoms with van der Waals surface area (Å²) in [5, 5.41) is 10.7. The van der Waals surface area contributed by atoms with Crippen molar-refractivity contribution in [2.75, 3.05) is 0 Å².